The van der Waals surface area contributed by atoms with Gasteiger partial charge in [-0.25, -0.2) is 4.98 Å². The molecule has 0 aliphatic carbocycles. The molecule has 0 fully saturated rings. The van der Waals surface area contributed by atoms with Gasteiger partial charge in [-0.3, -0.25) is 9.59 Å². The lowest BCUT2D eigenvalue weighted by Crippen LogP contribution is -2.33. The summed E-state index contributed by atoms with van der Waals surface area (Å²) in [7, 11) is 2.89. The van der Waals surface area contributed by atoms with Crippen molar-refractivity contribution in [2.75, 3.05) is 20.7 Å². The Morgan fingerprint density at radius 2 is 2.10 bits per heavy atom. The number of imidazole rings is 1. The van der Waals surface area contributed by atoms with Gasteiger partial charge in [0.05, 0.1) is 24.5 Å². The van der Waals surface area contributed by atoms with Gasteiger partial charge in [0.15, 0.2) is 0 Å². The first-order chi connectivity index (χ1) is 9.61. The van der Waals surface area contributed by atoms with Crippen molar-refractivity contribution in [1.82, 2.24) is 14.5 Å². The number of benzene rings is 1. The molecule has 1 heterocycles. The van der Waals surface area contributed by atoms with Crippen LogP contribution in [0.2, 0.25) is 0 Å². The van der Waals surface area contributed by atoms with Gasteiger partial charge < -0.3 is 14.2 Å². The number of likely N-dealkylation sites (N-methyl/N-ethyl adjacent to an activating group) is 1. The lowest BCUT2D eigenvalue weighted by molar-refractivity contribution is -0.146. The second-order valence-electron chi connectivity index (χ2n) is 4.50. The number of aromatic nitrogens is 2. The summed E-state index contributed by atoms with van der Waals surface area (Å²) in [4.78, 5) is 28.6. The Kier molecular flexibility index (Phi) is 4.34. The molecule has 0 saturated carbocycles. The Balaban J connectivity index is 1.95. The summed E-state index contributed by atoms with van der Waals surface area (Å²) in [5.74, 6) is -0.526. The molecule has 0 aliphatic heterocycles. The van der Waals surface area contributed by atoms with Crippen LogP contribution >= 0.6 is 0 Å². The van der Waals surface area contributed by atoms with Gasteiger partial charge in [-0.2, -0.15) is 0 Å². The number of esters is 1. The van der Waals surface area contributed by atoms with Crippen LogP contribution in [0.5, 0.6) is 0 Å². The molecule has 0 atom stereocenters. The van der Waals surface area contributed by atoms with Crippen molar-refractivity contribution in [1.29, 1.82) is 0 Å². The topological polar surface area (TPSA) is 64.4 Å². The van der Waals surface area contributed by atoms with Gasteiger partial charge in [0, 0.05) is 20.0 Å². The number of rotatable bonds is 5. The number of hydrogen-bond donors (Lipinski definition) is 0. The smallest absolute Gasteiger partial charge is 0.325 e. The van der Waals surface area contributed by atoms with Crippen LogP contribution in [0, 0.1) is 0 Å². The Labute approximate surface area is 117 Å². The number of ether oxygens (including phenoxy) is 1. The van der Waals surface area contributed by atoms with E-state index in [1.54, 1.807) is 13.4 Å². The van der Waals surface area contributed by atoms with Crippen LogP contribution in [0.15, 0.2) is 30.6 Å². The van der Waals surface area contributed by atoms with E-state index < -0.39 is 5.97 Å². The largest absolute Gasteiger partial charge is 0.468 e. The molecule has 0 N–H and O–H groups in total. The third-order valence-corrected chi connectivity index (χ3v) is 3.11. The quantitative estimate of drug-likeness (QED) is 0.765. The Hall–Kier alpha value is -2.37. The molecule has 106 valence electrons. The van der Waals surface area contributed by atoms with Crippen LogP contribution in [0.25, 0.3) is 11.0 Å². The Morgan fingerprint density at radius 1 is 1.35 bits per heavy atom. The second-order valence-corrected chi connectivity index (χ2v) is 4.50. The summed E-state index contributed by atoms with van der Waals surface area (Å²) in [5, 5.41) is 0. The third kappa shape index (κ3) is 3.14. The van der Waals surface area contributed by atoms with E-state index in [-0.39, 0.29) is 12.5 Å². The van der Waals surface area contributed by atoms with E-state index in [0.29, 0.717) is 13.0 Å². The highest BCUT2D eigenvalue weighted by atomic mass is 16.5. The first kappa shape index (κ1) is 14.0. The van der Waals surface area contributed by atoms with Gasteiger partial charge >= 0.3 is 5.97 Å². The average Bonchev–Trinajstić information content (AvgIpc) is 2.87. The highest BCUT2D eigenvalue weighted by molar-refractivity contribution is 5.82. The van der Waals surface area contributed by atoms with Crippen LogP contribution in [-0.4, -0.2) is 47.0 Å². The van der Waals surface area contributed by atoms with Gasteiger partial charge in [0.25, 0.3) is 0 Å². The van der Waals surface area contributed by atoms with Crippen LogP contribution in [0.4, 0.5) is 0 Å². The Bertz CT molecular complexity index is 621. The summed E-state index contributed by atoms with van der Waals surface area (Å²) >= 11 is 0. The van der Waals surface area contributed by atoms with Gasteiger partial charge in [-0.05, 0) is 12.1 Å². The molecular weight excluding hydrogens is 258 g/mol. The van der Waals surface area contributed by atoms with Gasteiger partial charge in [0.1, 0.15) is 6.54 Å². The van der Waals surface area contributed by atoms with Crippen LogP contribution < -0.4 is 0 Å². The number of aryl methyl sites for hydroxylation is 1. The minimum atomic E-state index is -0.422. The lowest BCUT2D eigenvalue weighted by Gasteiger charge is -2.15. The molecule has 0 unspecified atom stereocenters. The SMILES string of the molecule is COC(=O)CN(C)C(=O)CCn1cnc2ccccc21. The predicted molar refractivity (Wildman–Crippen MR) is 74.0 cm³/mol. The number of carbonyl (C=O) groups is 2. The number of hydrogen-bond acceptors (Lipinski definition) is 4. The molecule has 2 rings (SSSR count). The molecule has 1 aromatic carbocycles. The first-order valence-corrected chi connectivity index (χ1v) is 6.32. The maximum atomic E-state index is 11.9. The summed E-state index contributed by atoms with van der Waals surface area (Å²) in [6.07, 6.45) is 2.03. The van der Waals surface area contributed by atoms with E-state index in [1.165, 1.54) is 12.0 Å². The molecular formula is C14H17N3O3. The van der Waals surface area contributed by atoms with Crippen molar-refractivity contribution in [3.8, 4) is 0 Å². The summed E-state index contributed by atoms with van der Waals surface area (Å²) in [6, 6.07) is 7.75. The van der Waals surface area contributed by atoms with Gasteiger partial charge in [-0.15, -0.1) is 0 Å². The van der Waals surface area contributed by atoms with Crippen LogP contribution in [-0.2, 0) is 20.9 Å². The van der Waals surface area contributed by atoms with E-state index in [1.807, 2.05) is 28.8 Å². The average molecular weight is 275 g/mol. The maximum absolute atomic E-state index is 11.9. The molecule has 6 heteroatoms. The number of nitrogens with zero attached hydrogens (tertiary/aromatic N) is 3. The number of para-hydroxylation sites is 2. The number of methoxy groups -OCH3 is 1. The summed E-state index contributed by atoms with van der Waals surface area (Å²) < 4.78 is 6.46. The van der Waals surface area contributed by atoms with E-state index >= 15 is 0 Å². The van der Waals surface area contributed by atoms with Crippen molar-refractivity contribution in [2.24, 2.45) is 0 Å². The first-order valence-electron chi connectivity index (χ1n) is 6.32. The van der Waals surface area contributed by atoms with Crippen molar-refractivity contribution in [2.45, 2.75) is 13.0 Å². The second kappa shape index (κ2) is 6.18. The zero-order valence-corrected chi connectivity index (χ0v) is 11.6. The van der Waals surface area contributed by atoms with Crippen molar-refractivity contribution in [3.63, 3.8) is 0 Å². The molecule has 1 aromatic heterocycles. The molecule has 0 saturated heterocycles. The zero-order chi connectivity index (χ0) is 14.5. The molecule has 2 aromatic rings. The third-order valence-electron chi connectivity index (χ3n) is 3.11. The standard InChI is InChI=1S/C14H17N3O3/c1-16(9-14(19)20-2)13(18)7-8-17-10-15-11-5-3-4-6-12(11)17/h3-6,10H,7-9H2,1-2H3. The number of fused-ring (bicyclic) bond motifs is 1. The zero-order valence-electron chi connectivity index (χ0n) is 11.6. The molecule has 20 heavy (non-hydrogen) atoms. The highest BCUT2D eigenvalue weighted by Gasteiger charge is 2.13. The minimum absolute atomic E-state index is 0.0278. The number of amides is 1. The van der Waals surface area contributed by atoms with Gasteiger partial charge in [-0.1, -0.05) is 12.1 Å². The van der Waals surface area contributed by atoms with E-state index in [9.17, 15) is 9.59 Å². The fraction of sp³-hybridized carbons (Fsp3) is 0.357. The van der Waals surface area contributed by atoms with E-state index in [4.69, 9.17) is 0 Å². The summed E-state index contributed by atoms with van der Waals surface area (Å²) in [5.41, 5.74) is 1.90. The van der Waals surface area contributed by atoms with Crippen molar-refractivity contribution in [3.05, 3.63) is 30.6 Å². The predicted octanol–water partition coefficient (Wildman–Crippen LogP) is 1.06. The lowest BCUT2D eigenvalue weighted by atomic mass is 10.3. The molecule has 0 radical (unpaired) electrons. The molecule has 0 bridgehead atoms. The molecule has 0 spiro atoms. The normalized spacial score (nSPS) is 10.5. The molecule has 0 aliphatic rings. The van der Waals surface area contributed by atoms with E-state index in [0.717, 1.165) is 11.0 Å². The van der Waals surface area contributed by atoms with E-state index in [2.05, 4.69) is 9.72 Å². The summed E-state index contributed by atoms with van der Waals surface area (Å²) in [6.45, 7) is 0.505. The van der Waals surface area contributed by atoms with Crippen molar-refractivity contribution < 1.29 is 14.3 Å². The molecule has 6 nitrogen and oxygen atoms in total. The van der Waals surface area contributed by atoms with Gasteiger partial charge in [0.2, 0.25) is 5.91 Å². The number of carbonyl (C=O) groups excluding carboxylic acids is 2. The maximum Gasteiger partial charge on any atom is 0.325 e. The van der Waals surface area contributed by atoms with Crippen LogP contribution in [0.3, 0.4) is 0 Å². The monoisotopic (exact) mass is 275 g/mol. The Morgan fingerprint density at radius 3 is 2.85 bits per heavy atom. The van der Waals surface area contributed by atoms with Crippen molar-refractivity contribution >= 4 is 22.9 Å². The fourth-order valence-corrected chi connectivity index (χ4v) is 1.94. The highest BCUT2D eigenvalue weighted by Crippen LogP contribution is 2.12. The van der Waals surface area contributed by atoms with Crippen LogP contribution in [0.1, 0.15) is 6.42 Å². The molecule has 1 amide bonds. The minimum Gasteiger partial charge on any atom is -0.468 e. The fourth-order valence-electron chi connectivity index (χ4n) is 1.94.